The van der Waals surface area contributed by atoms with Crippen molar-refractivity contribution in [3.05, 3.63) is 30.2 Å². The average molecular weight is 454 g/mol. The molecule has 0 spiro atoms. The van der Waals surface area contributed by atoms with Crippen molar-refractivity contribution in [3.8, 4) is 10.6 Å². The molecule has 5 atom stereocenters. The van der Waals surface area contributed by atoms with Gasteiger partial charge in [-0.15, -0.1) is 0 Å². The van der Waals surface area contributed by atoms with Crippen molar-refractivity contribution in [1.82, 2.24) is 9.97 Å². The Morgan fingerprint density at radius 2 is 2.00 bits per heavy atom. The topological polar surface area (TPSA) is 101 Å². The highest BCUT2D eigenvalue weighted by atomic mass is 32.1. The molecule has 1 aliphatic heterocycles. The van der Waals surface area contributed by atoms with E-state index in [9.17, 15) is 4.79 Å². The minimum atomic E-state index is -0.945. The minimum absolute atomic E-state index is 0. The molecule has 0 aromatic carbocycles. The Balaban J connectivity index is 0.00000341. The highest BCUT2D eigenvalue weighted by Crippen LogP contribution is 2.32. The molecule has 10 heteroatoms. The molecule has 2 aromatic heterocycles. The Hall–Kier alpha value is -2.11. The molecular formula is C21H31N3O6S. The van der Waals surface area contributed by atoms with Crippen molar-refractivity contribution < 1.29 is 28.5 Å². The SMILES string of the molecule is C.CCO[C@@H]1[C@@H](OC)[C@H](C)OC(OC(=O)Nc2sc(-c3cccnc3)nc2C)[C@@H]1OC. The number of methoxy groups -OCH3 is 2. The van der Waals surface area contributed by atoms with E-state index in [1.807, 2.05) is 32.9 Å². The lowest BCUT2D eigenvalue weighted by Crippen LogP contribution is -2.60. The molecule has 0 bridgehead atoms. The number of carbonyl (C=O) groups is 1. The third kappa shape index (κ3) is 5.78. The van der Waals surface area contributed by atoms with E-state index in [0.29, 0.717) is 17.3 Å². The van der Waals surface area contributed by atoms with Gasteiger partial charge in [0, 0.05) is 38.8 Å². The second-order valence-electron chi connectivity index (χ2n) is 6.74. The lowest BCUT2D eigenvalue weighted by molar-refractivity contribution is -0.292. The molecule has 1 unspecified atom stereocenters. The summed E-state index contributed by atoms with van der Waals surface area (Å²) >= 11 is 1.34. The zero-order valence-electron chi connectivity index (χ0n) is 17.7. The van der Waals surface area contributed by atoms with E-state index < -0.39 is 24.6 Å². The van der Waals surface area contributed by atoms with Gasteiger partial charge in [-0.05, 0) is 32.9 Å². The van der Waals surface area contributed by atoms with Crippen molar-refractivity contribution in [2.24, 2.45) is 0 Å². The fourth-order valence-corrected chi connectivity index (χ4v) is 4.32. The second-order valence-corrected chi connectivity index (χ2v) is 7.73. The lowest BCUT2D eigenvalue weighted by Gasteiger charge is -2.43. The van der Waals surface area contributed by atoms with Crippen LogP contribution in [0.4, 0.5) is 9.80 Å². The van der Waals surface area contributed by atoms with E-state index in [4.69, 9.17) is 23.7 Å². The number of amides is 1. The van der Waals surface area contributed by atoms with E-state index in [1.165, 1.54) is 18.4 Å². The molecule has 1 aliphatic rings. The van der Waals surface area contributed by atoms with Crippen LogP contribution in [0.25, 0.3) is 10.6 Å². The smallest absolute Gasteiger partial charge is 0.414 e. The maximum Gasteiger partial charge on any atom is 0.414 e. The zero-order chi connectivity index (χ0) is 21.7. The van der Waals surface area contributed by atoms with Crippen molar-refractivity contribution in [2.45, 2.75) is 58.9 Å². The van der Waals surface area contributed by atoms with Crippen molar-refractivity contribution in [3.63, 3.8) is 0 Å². The number of hydrogen-bond donors (Lipinski definition) is 1. The van der Waals surface area contributed by atoms with Crippen molar-refractivity contribution in [2.75, 3.05) is 26.1 Å². The molecule has 172 valence electrons. The average Bonchev–Trinajstić information content (AvgIpc) is 3.09. The van der Waals surface area contributed by atoms with Gasteiger partial charge in [0.2, 0.25) is 6.29 Å². The van der Waals surface area contributed by atoms with Crippen LogP contribution in [0.1, 0.15) is 27.0 Å². The van der Waals surface area contributed by atoms with E-state index in [-0.39, 0.29) is 19.6 Å². The van der Waals surface area contributed by atoms with Crippen LogP contribution < -0.4 is 5.32 Å². The van der Waals surface area contributed by atoms with Gasteiger partial charge >= 0.3 is 6.09 Å². The Labute approximate surface area is 187 Å². The van der Waals surface area contributed by atoms with Gasteiger partial charge in [-0.3, -0.25) is 10.3 Å². The number of aryl methyl sites for hydroxylation is 1. The monoisotopic (exact) mass is 453 g/mol. The van der Waals surface area contributed by atoms with Gasteiger partial charge in [-0.25, -0.2) is 9.78 Å². The van der Waals surface area contributed by atoms with Gasteiger partial charge in [0.15, 0.2) is 0 Å². The maximum atomic E-state index is 12.6. The van der Waals surface area contributed by atoms with Crippen LogP contribution in [0.15, 0.2) is 24.5 Å². The van der Waals surface area contributed by atoms with E-state index >= 15 is 0 Å². The summed E-state index contributed by atoms with van der Waals surface area (Å²) in [6, 6.07) is 3.75. The van der Waals surface area contributed by atoms with Gasteiger partial charge in [0.1, 0.15) is 28.3 Å². The standard InChI is InChI=1S/C20H27N3O6S.CH4/c1-6-27-15-14(25-4)12(3)28-19(16(15)26-5)29-20(24)23-17-11(2)22-18(30-17)13-8-7-9-21-10-13;/h7-10,12,14-16,19H,6H2,1-5H3,(H,23,24);1H4/t12-,14-,15+,16+,19?;/m0./s1. The molecular weight excluding hydrogens is 422 g/mol. The largest absolute Gasteiger partial charge is 0.416 e. The first-order valence-electron chi connectivity index (χ1n) is 9.66. The van der Waals surface area contributed by atoms with Crippen LogP contribution >= 0.6 is 11.3 Å². The van der Waals surface area contributed by atoms with Gasteiger partial charge in [-0.1, -0.05) is 18.8 Å². The van der Waals surface area contributed by atoms with Crippen LogP contribution in [0.3, 0.4) is 0 Å². The van der Waals surface area contributed by atoms with Gasteiger partial charge in [-0.2, -0.15) is 0 Å². The van der Waals surface area contributed by atoms with Crippen LogP contribution in [0.2, 0.25) is 0 Å². The number of anilines is 1. The lowest BCUT2D eigenvalue weighted by atomic mass is 9.99. The summed E-state index contributed by atoms with van der Waals surface area (Å²) in [5.74, 6) is 0. The molecule has 0 saturated carbocycles. The minimum Gasteiger partial charge on any atom is -0.416 e. The number of thiazole rings is 1. The summed E-state index contributed by atoms with van der Waals surface area (Å²) in [6.07, 6.45) is 0.0485. The fraction of sp³-hybridized carbons (Fsp3) is 0.571. The van der Waals surface area contributed by atoms with Crippen LogP contribution in [0, 0.1) is 6.92 Å². The van der Waals surface area contributed by atoms with Crippen molar-refractivity contribution >= 4 is 22.4 Å². The predicted octanol–water partition coefficient (Wildman–Crippen LogP) is 3.88. The third-order valence-electron chi connectivity index (χ3n) is 4.77. The first-order valence-corrected chi connectivity index (χ1v) is 10.5. The number of nitrogens with one attached hydrogen (secondary N) is 1. The molecule has 2 aromatic rings. The van der Waals surface area contributed by atoms with Crippen LogP contribution in [0.5, 0.6) is 0 Å². The number of rotatable bonds is 7. The molecule has 3 rings (SSSR count). The summed E-state index contributed by atoms with van der Waals surface area (Å²) in [5.41, 5.74) is 1.56. The number of pyridine rings is 1. The normalized spacial score (nSPS) is 25.5. The quantitative estimate of drug-likeness (QED) is 0.674. The Kier molecular flexibility index (Phi) is 9.32. The van der Waals surface area contributed by atoms with Gasteiger partial charge < -0.3 is 23.7 Å². The Morgan fingerprint density at radius 1 is 1.26 bits per heavy atom. The molecule has 9 nitrogen and oxygen atoms in total. The van der Waals surface area contributed by atoms with Crippen LogP contribution in [-0.4, -0.2) is 67.6 Å². The molecule has 1 saturated heterocycles. The first kappa shape index (κ1) is 25.2. The number of ether oxygens (including phenoxy) is 5. The fourth-order valence-electron chi connectivity index (χ4n) is 3.38. The molecule has 3 heterocycles. The Morgan fingerprint density at radius 3 is 2.61 bits per heavy atom. The summed E-state index contributed by atoms with van der Waals surface area (Å²) in [7, 11) is 3.11. The molecule has 0 radical (unpaired) electrons. The Bertz CT molecular complexity index is 834. The maximum absolute atomic E-state index is 12.6. The zero-order valence-corrected chi connectivity index (χ0v) is 18.5. The predicted molar refractivity (Wildman–Crippen MR) is 118 cm³/mol. The first-order chi connectivity index (χ1) is 14.5. The summed E-state index contributed by atoms with van der Waals surface area (Å²) in [6.45, 7) is 6.01. The highest BCUT2D eigenvalue weighted by molar-refractivity contribution is 7.19. The number of carbonyl (C=O) groups excluding carboxylic acids is 1. The second kappa shape index (κ2) is 11.5. The number of nitrogens with zero attached hydrogens (tertiary/aromatic N) is 2. The summed E-state index contributed by atoms with van der Waals surface area (Å²) in [5, 5.41) is 4.09. The van der Waals surface area contributed by atoms with E-state index in [1.54, 1.807) is 19.5 Å². The molecule has 1 amide bonds. The number of hydrogen-bond acceptors (Lipinski definition) is 9. The van der Waals surface area contributed by atoms with E-state index in [2.05, 4.69) is 15.3 Å². The van der Waals surface area contributed by atoms with Crippen LogP contribution in [-0.2, 0) is 23.7 Å². The molecule has 1 fully saturated rings. The van der Waals surface area contributed by atoms with Gasteiger partial charge in [0.25, 0.3) is 0 Å². The van der Waals surface area contributed by atoms with Gasteiger partial charge in [0.05, 0.1) is 11.8 Å². The molecule has 0 aliphatic carbocycles. The summed E-state index contributed by atoms with van der Waals surface area (Å²) in [4.78, 5) is 21.2. The van der Waals surface area contributed by atoms with E-state index in [0.717, 1.165) is 10.6 Å². The molecule has 31 heavy (non-hydrogen) atoms. The highest BCUT2D eigenvalue weighted by Gasteiger charge is 2.47. The number of aromatic nitrogens is 2. The summed E-state index contributed by atoms with van der Waals surface area (Å²) < 4.78 is 28.2. The van der Waals surface area contributed by atoms with Crippen molar-refractivity contribution in [1.29, 1.82) is 0 Å². The third-order valence-corrected chi connectivity index (χ3v) is 5.90. The molecule has 1 N–H and O–H groups in total.